The fourth-order valence-corrected chi connectivity index (χ4v) is 3.58. The quantitative estimate of drug-likeness (QED) is 0.335. The highest BCUT2D eigenvalue weighted by atomic mass is 19.4. The SMILES string of the molecule is O=C(c1cc2c(cn1)c(Nc1cc(F)ccc1[N+](=O)[O-])nn2CC(F)(F)F)N1CCCOCC1. The number of pyridine rings is 1. The predicted octanol–water partition coefficient (Wildman–Crippen LogP) is 3.65. The zero-order valence-electron chi connectivity index (χ0n) is 17.5. The summed E-state index contributed by atoms with van der Waals surface area (Å²) in [6.45, 7) is 0.0781. The van der Waals surface area contributed by atoms with Crippen LogP contribution in [-0.4, -0.2) is 63.0 Å². The number of carbonyl (C=O) groups excluding carboxylic acids is 1. The number of hydrogen-bond donors (Lipinski definition) is 1. The Kier molecular flexibility index (Phi) is 6.32. The van der Waals surface area contributed by atoms with E-state index in [1.54, 1.807) is 0 Å². The van der Waals surface area contributed by atoms with Crippen molar-refractivity contribution < 1.29 is 32.0 Å². The van der Waals surface area contributed by atoms with Gasteiger partial charge in [-0.1, -0.05) is 0 Å². The standard InChI is InChI=1S/C20H18F4N6O4/c21-12-2-3-16(30(32)33)14(8-12)26-18-13-10-25-15(19(31)28-4-1-6-34-7-5-28)9-17(13)29(27-18)11-20(22,23)24/h2-3,8-10H,1,4-7,11H2,(H,26,27). The number of ether oxygens (including phenoxy) is 1. The maximum Gasteiger partial charge on any atom is 0.408 e. The predicted molar refractivity (Wildman–Crippen MR) is 111 cm³/mol. The first-order chi connectivity index (χ1) is 16.1. The van der Waals surface area contributed by atoms with E-state index in [0.29, 0.717) is 37.4 Å². The third-order valence-corrected chi connectivity index (χ3v) is 5.10. The van der Waals surface area contributed by atoms with Crippen molar-refractivity contribution in [1.29, 1.82) is 0 Å². The van der Waals surface area contributed by atoms with Gasteiger partial charge in [-0.2, -0.15) is 18.3 Å². The van der Waals surface area contributed by atoms with Crippen LogP contribution in [0.15, 0.2) is 30.5 Å². The topological polar surface area (TPSA) is 115 Å². The van der Waals surface area contributed by atoms with Crippen LogP contribution >= 0.6 is 0 Å². The Morgan fingerprint density at radius 2 is 2.03 bits per heavy atom. The van der Waals surface area contributed by atoms with E-state index in [9.17, 15) is 32.5 Å². The number of amides is 1. The van der Waals surface area contributed by atoms with Crippen molar-refractivity contribution in [2.24, 2.45) is 0 Å². The first-order valence-corrected chi connectivity index (χ1v) is 10.1. The molecule has 0 aliphatic carbocycles. The summed E-state index contributed by atoms with van der Waals surface area (Å²) in [6.07, 6.45) is -2.87. The average Bonchev–Trinajstić information content (AvgIpc) is 2.93. The van der Waals surface area contributed by atoms with E-state index >= 15 is 0 Å². The van der Waals surface area contributed by atoms with E-state index in [-0.39, 0.29) is 28.1 Å². The van der Waals surface area contributed by atoms with Crippen molar-refractivity contribution in [2.45, 2.75) is 19.1 Å². The molecule has 1 N–H and O–H groups in total. The zero-order chi connectivity index (χ0) is 24.5. The van der Waals surface area contributed by atoms with Crippen molar-refractivity contribution in [3.05, 3.63) is 52.1 Å². The number of aromatic nitrogens is 3. The number of alkyl halides is 3. The van der Waals surface area contributed by atoms with Crippen molar-refractivity contribution in [3.8, 4) is 0 Å². The smallest absolute Gasteiger partial charge is 0.380 e. The van der Waals surface area contributed by atoms with Crippen LogP contribution in [0.2, 0.25) is 0 Å². The third-order valence-electron chi connectivity index (χ3n) is 5.10. The first-order valence-electron chi connectivity index (χ1n) is 10.1. The molecule has 1 saturated heterocycles. The van der Waals surface area contributed by atoms with Crippen LogP contribution < -0.4 is 5.32 Å². The molecule has 1 amide bonds. The molecule has 1 fully saturated rings. The molecule has 4 rings (SSSR count). The highest BCUT2D eigenvalue weighted by Crippen LogP contribution is 2.32. The van der Waals surface area contributed by atoms with Gasteiger partial charge in [0.15, 0.2) is 5.82 Å². The second-order valence-corrected chi connectivity index (χ2v) is 7.51. The van der Waals surface area contributed by atoms with Gasteiger partial charge in [-0.25, -0.2) is 4.39 Å². The van der Waals surface area contributed by atoms with Crippen LogP contribution in [0.4, 0.5) is 34.8 Å². The van der Waals surface area contributed by atoms with Gasteiger partial charge in [0.25, 0.3) is 11.6 Å². The summed E-state index contributed by atoms with van der Waals surface area (Å²) in [5, 5.41) is 17.8. The summed E-state index contributed by atoms with van der Waals surface area (Å²) in [6, 6.07) is 3.83. The fourth-order valence-electron chi connectivity index (χ4n) is 3.58. The highest BCUT2D eigenvalue weighted by Gasteiger charge is 2.31. The fraction of sp³-hybridized carbons (Fsp3) is 0.350. The maximum absolute atomic E-state index is 13.7. The molecule has 0 spiro atoms. The molecule has 34 heavy (non-hydrogen) atoms. The van der Waals surface area contributed by atoms with E-state index in [0.717, 1.165) is 24.4 Å². The zero-order valence-corrected chi connectivity index (χ0v) is 17.5. The lowest BCUT2D eigenvalue weighted by Crippen LogP contribution is -2.33. The van der Waals surface area contributed by atoms with Gasteiger partial charge in [-0.3, -0.25) is 24.6 Å². The van der Waals surface area contributed by atoms with Crippen LogP contribution in [0.5, 0.6) is 0 Å². The lowest BCUT2D eigenvalue weighted by atomic mass is 10.2. The Labute approximate surface area is 189 Å². The Hall–Kier alpha value is -3.81. The average molecular weight is 482 g/mol. The second kappa shape index (κ2) is 9.21. The monoisotopic (exact) mass is 482 g/mol. The molecule has 2 aromatic heterocycles. The Balaban J connectivity index is 1.76. The summed E-state index contributed by atoms with van der Waals surface area (Å²) in [5.74, 6) is -1.47. The number of nitro benzene ring substituents is 1. The number of nitrogens with zero attached hydrogens (tertiary/aromatic N) is 5. The van der Waals surface area contributed by atoms with E-state index in [1.165, 1.54) is 11.0 Å². The minimum Gasteiger partial charge on any atom is -0.380 e. The molecule has 1 aromatic carbocycles. The molecule has 0 atom stereocenters. The molecule has 3 heterocycles. The maximum atomic E-state index is 13.7. The van der Waals surface area contributed by atoms with Crippen molar-refractivity contribution in [1.82, 2.24) is 19.7 Å². The molecule has 0 bridgehead atoms. The molecular formula is C20H18F4N6O4. The minimum absolute atomic E-state index is 0.0664. The van der Waals surface area contributed by atoms with Crippen molar-refractivity contribution >= 4 is 34.0 Å². The van der Waals surface area contributed by atoms with E-state index in [4.69, 9.17) is 4.74 Å². The minimum atomic E-state index is -4.64. The molecule has 0 radical (unpaired) electrons. The number of nitrogens with one attached hydrogen (secondary N) is 1. The van der Waals surface area contributed by atoms with Gasteiger partial charge >= 0.3 is 6.18 Å². The number of carbonyl (C=O) groups is 1. The number of benzene rings is 1. The van der Waals surface area contributed by atoms with Gasteiger partial charge in [-0.05, 0) is 18.6 Å². The van der Waals surface area contributed by atoms with Gasteiger partial charge in [0.1, 0.15) is 23.7 Å². The number of hydrogen-bond acceptors (Lipinski definition) is 7. The normalized spacial score (nSPS) is 14.8. The van der Waals surface area contributed by atoms with Crippen LogP contribution in [-0.2, 0) is 11.3 Å². The molecule has 0 saturated carbocycles. The van der Waals surface area contributed by atoms with Crippen LogP contribution in [0, 0.1) is 15.9 Å². The first kappa shape index (κ1) is 23.4. The summed E-state index contributed by atoms with van der Waals surface area (Å²) >= 11 is 0. The molecule has 10 nitrogen and oxygen atoms in total. The number of anilines is 2. The Morgan fingerprint density at radius 1 is 1.24 bits per heavy atom. The van der Waals surface area contributed by atoms with E-state index in [1.807, 2.05) is 0 Å². The lowest BCUT2D eigenvalue weighted by molar-refractivity contribution is -0.384. The van der Waals surface area contributed by atoms with Gasteiger partial charge < -0.3 is 15.0 Å². The number of rotatable bonds is 5. The van der Waals surface area contributed by atoms with Crippen molar-refractivity contribution in [3.63, 3.8) is 0 Å². The molecule has 0 unspecified atom stereocenters. The summed E-state index contributed by atoms with van der Waals surface area (Å²) < 4.78 is 59.2. The van der Waals surface area contributed by atoms with E-state index in [2.05, 4.69) is 15.4 Å². The van der Waals surface area contributed by atoms with Gasteiger partial charge in [0, 0.05) is 38.0 Å². The van der Waals surface area contributed by atoms with Gasteiger partial charge in [0.2, 0.25) is 0 Å². The highest BCUT2D eigenvalue weighted by molar-refractivity contribution is 5.99. The van der Waals surface area contributed by atoms with Crippen LogP contribution in [0.3, 0.4) is 0 Å². The third kappa shape index (κ3) is 5.06. The summed E-state index contributed by atoms with van der Waals surface area (Å²) in [7, 11) is 0. The molecule has 1 aliphatic heterocycles. The van der Waals surface area contributed by atoms with E-state index < -0.39 is 35.1 Å². The van der Waals surface area contributed by atoms with Crippen LogP contribution in [0.1, 0.15) is 16.9 Å². The molecule has 3 aromatic rings. The van der Waals surface area contributed by atoms with Gasteiger partial charge in [-0.15, -0.1) is 0 Å². The van der Waals surface area contributed by atoms with Crippen LogP contribution in [0.25, 0.3) is 10.9 Å². The summed E-state index contributed by atoms with van der Waals surface area (Å²) in [4.78, 5) is 29.0. The molecular weight excluding hydrogens is 464 g/mol. The largest absolute Gasteiger partial charge is 0.408 e. The number of nitro groups is 1. The second-order valence-electron chi connectivity index (χ2n) is 7.51. The molecule has 1 aliphatic rings. The van der Waals surface area contributed by atoms with Crippen molar-refractivity contribution in [2.75, 3.05) is 31.6 Å². The Morgan fingerprint density at radius 3 is 2.76 bits per heavy atom. The number of halogens is 4. The molecule has 14 heteroatoms. The molecule has 180 valence electrons. The lowest BCUT2D eigenvalue weighted by Gasteiger charge is -2.19. The summed E-state index contributed by atoms with van der Waals surface area (Å²) in [5.41, 5.74) is -0.944. The van der Waals surface area contributed by atoms with Gasteiger partial charge in [0.05, 0.1) is 22.4 Å². The Bertz CT molecular complexity index is 1240. The number of fused-ring (bicyclic) bond motifs is 1.